The van der Waals surface area contributed by atoms with Crippen molar-refractivity contribution in [3.05, 3.63) is 71.8 Å². The number of benzene rings is 2. The summed E-state index contributed by atoms with van der Waals surface area (Å²) in [5.41, 5.74) is 1.73. The van der Waals surface area contributed by atoms with E-state index < -0.39 is 36.0 Å². The number of hydrogen-bond donors (Lipinski definition) is 0. The first-order chi connectivity index (χ1) is 16.5. The number of carbonyl (C=O) groups excluding carboxylic acids is 4. The van der Waals surface area contributed by atoms with Crippen LogP contribution in [0.3, 0.4) is 0 Å². The minimum atomic E-state index is -0.746. The number of hydrazine groups is 1. The van der Waals surface area contributed by atoms with Crippen molar-refractivity contribution in [2.75, 3.05) is 13.1 Å². The molecule has 4 saturated heterocycles. The molecule has 2 aromatic rings. The van der Waals surface area contributed by atoms with E-state index in [1.165, 1.54) is 9.80 Å². The highest BCUT2D eigenvalue weighted by Gasteiger charge is 2.73. The molecule has 0 radical (unpaired) electrons. The normalized spacial score (nSPS) is 33.1. The molecular weight excluding hydrogens is 432 g/mol. The molecule has 0 bridgehead atoms. The van der Waals surface area contributed by atoms with E-state index in [0.29, 0.717) is 13.1 Å². The van der Waals surface area contributed by atoms with Crippen LogP contribution in [0.25, 0.3) is 0 Å². The Balaban J connectivity index is 1.59. The Kier molecular flexibility index (Phi) is 4.72. The zero-order chi connectivity index (χ0) is 23.7. The van der Waals surface area contributed by atoms with Crippen LogP contribution in [0.1, 0.15) is 37.1 Å². The van der Waals surface area contributed by atoms with Gasteiger partial charge in [0.15, 0.2) is 0 Å². The maximum atomic E-state index is 13.6. The lowest BCUT2D eigenvalue weighted by atomic mass is 9.84. The van der Waals surface area contributed by atoms with Crippen molar-refractivity contribution in [3.63, 3.8) is 0 Å². The number of fused-ring (bicyclic) bond motifs is 5. The van der Waals surface area contributed by atoms with Gasteiger partial charge in [0.1, 0.15) is 12.1 Å². The summed E-state index contributed by atoms with van der Waals surface area (Å²) >= 11 is 0. The van der Waals surface area contributed by atoms with Crippen LogP contribution < -0.4 is 0 Å². The fourth-order valence-corrected chi connectivity index (χ4v) is 6.54. The molecule has 174 valence electrons. The summed E-state index contributed by atoms with van der Waals surface area (Å²) in [5.74, 6) is -2.22. The molecule has 0 N–H and O–H groups in total. The number of carbonyl (C=O) groups is 4. The summed E-state index contributed by atoms with van der Waals surface area (Å²) in [5, 5.41) is 3.82. The number of nitrogens with zero attached hydrogens (tertiary/aromatic N) is 4. The van der Waals surface area contributed by atoms with Crippen LogP contribution in [0.5, 0.6) is 0 Å². The summed E-state index contributed by atoms with van der Waals surface area (Å²) in [7, 11) is 0. The second-order valence-electron chi connectivity index (χ2n) is 9.25. The van der Waals surface area contributed by atoms with Crippen LogP contribution >= 0.6 is 0 Å². The first kappa shape index (κ1) is 21.2. The molecule has 2 aromatic carbocycles. The van der Waals surface area contributed by atoms with Gasteiger partial charge in [0.2, 0.25) is 23.6 Å². The summed E-state index contributed by atoms with van der Waals surface area (Å²) in [6.45, 7) is 4.19. The Morgan fingerprint density at radius 1 is 0.529 bits per heavy atom. The van der Waals surface area contributed by atoms with E-state index in [9.17, 15) is 19.2 Å². The van der Waals surface area contributed by atoms with Crippen molar-refractivity contribution in [2.45, 2.75) is 38.0 Å². The fourth-order valence-electron chi connectivity index (χ4n) is 6.54. The zero-order valence-corrected chi connectivity index (χ0v) is 19.1. The SMILES string of the molecule is CCN1C(=O)[C@H]2[C@@H](C1=O)N1[C@@H](c3ccccc3)[C@H]3C(=O)N(CC)C(=O)[C@@H]3N1[C@H]2c1ccccc1. The minimum absolute atomic E-state index is 0.215. The van der Waals surface area contributed by atoms with Gasteiger partial charge in [-0.2, -0.15) is 0 Å². The molecule has 4 amide bonds. The summed E-state index contributed by atoms with van der Waals surface area (Å²) in [6, 6.07) is 16.6. The molecule has 0 unspecified atom stereocenters. The van der Waals surface area contributed by atoms with Crippen molar-refractivity contribution in [2.24, 2.45) is 11.8 Å². The van der Waals surface area contributed by atoms with Crippen molar-refractivity contribution in [1.82, 2.24) is 19.8 Å². The number of amides is 4. The highest BCUT2D eigenvalue weighted by molar-refractivity contribution is 6.10. The Labute approximate surface area is 197 Å². The van der Waals surface area contributed by atoms with Gasteiger partial charge in [-0.25, -0.2) is 10.0 Å². The van der Waals surface area contributed by atoms with Crippen molar-refractivity contribution < 1.29 is 19.2 Å². The van der Waals surface area contributed by atoms with E-state index in [1.807, 2.05) is 70.7 Å². The molecule has 4 aliphatic heterocycles. The lowest BCUT2D eigenvalue weighted by Gasteiger charge is -2.35. The van der Waals surface area contributed by atoms with E-state index in [-0.39, 0.29) is 23.6 Å². The third-order valence-corrected chi connectivity index (χ3v) is 7.82. The van der Waals surface area contributed by atoms with Crippen molar-refractivity contribution in [3.8, 4) is 0 Å². The lowest BCUT2D eigenvalue weighted by Crippen LogP contribution is -2.49. The largest absolute Gasteiger partial charge is 0.281 e. The van der Waals surface area contributed by atoms with Gasteiger partial charge in [-0.15, -0.1) is 0 Å². The molecule has 6 atom stereocenters. The Bertz CT molecular complexity index is 1090. The van der Waals surface area contributed by atoms with E-state index in [2.05, 4.69) is 0 Å². The average molecular weight is 459 g/mol. The molecular formula is C26H26N4O4. The smallest absolute Gasteiger partial charge is 0.248 e. The number of hydrogen-bond acceptors (Lipinski definition) is 6. The van der Waals surface area contributed by atoms with Gasteiger partial charge >= 0.3 is 0 Å². The Morgan fingerprint density at radius 3 is 1.21 bits per heavy atom. The highest BCUT2D eigenvalue weighted by Crippen LogP contribution is 2.58. The van der Waals surface area contributed by atoms with Crippen LogP contribution in [0.15, 0.2) is 60.7 Å². The van der Waals surface area contributed by atoms with Gasteiger partial charge in [0.05, 0.1) is 23.9 Å². The quantitative estimate of drug-likeness (QED) is 0.650. The zero-order valence-electron chi connectivity index (χ0n) is 19.1. The standard InChI is InChI=1S/C26H26N4O4/c1-3-27-23(31)17-19(15-11-7-5-8-12-15)30-22-18(24(32)28(4-2)26(22)34)20(16-13-9-6-10-14-16)29(30)21(17)25(27)33/h5-14,17-22H,3-4H2,1-2H3/t17-,18-,19+,20+,21-,22+/m1/s1. The minimum Gasteiger partial charge on any atom is -0.281 e. The first-order valence-corrected chi connectivity index (χ1v) is 11.9. The van der Waals surface area contributed by atoms with Gasteiger partial charge in [-0.3, -0.25) is 29.0 Å². The summed E-state index contributed by atoms with van der Waals surface area (Å²) < 4.78 is 0. The van der Waals surface area contributed by atoms with E-state index >= 15 is 0 Å². The maximum Gasteiger partial charge on any atom is 0.248 e. The molecule has 0 aliphatic carbocycles. The molecule has 0 spiro atoms. The fraction of sp³-hybridized carbons (Fsp3) is 0.385. The van der Waals surface area contributed by atoms with E-state index in [4.69, 9.17) is 0 Å². The first-order valence-electron chi connectivity index (χ1n) is 11.9. The van der Waals surface area contributed by atoms with Crippen molar-refractivity contribution >= 4 is 23.6 Å². The molecule has 34 heavy (non-hydrogen) atoms. The number of rotatable bonds is 4. The van der Waals surface area contributed by atoms with E-state index in [0.717, 1.165) is 11.1 Å². The van der Waals surface area contributed by atoms with Crippen LogP contribution in [0, 0.1) is 11.8 Å². The average Bonchev–Trinajstić information content (AvgIpc) is 3.51. The molecule has 4 aliphatic rings. The van der Waals surface area contributed by atoms with Gasteiger partial charge in [-0.05, 0) is 25.0 Å². The van der Waals surface area contributed by atoms with Gasteiger partial charge in [-0.1, -0.05) is 60.7 Å². The molecule has 8 nitrogen and oxygen atoms in total. The van der Waals surface area contributed by atoms with E-state index in [1.54, 1.807) is 13.8 Å². The van der Waals surface area contributed by atoms with Crippen molar-refractivity contribution in [1.29, 1.82) is 0 Å². The predicted octanol–water partition coefficient (Wildman–Crippen LogP) is 1.76. The van der Waals surface area contributed by atoms with Crippen LogP contribution in [-0.4, -0.2) is 68.6 Å². The number of likely N-dealkylation sites (tertiary alicyclic amines) is 2. The second kappa shape index (κ2) is 7.58. The van der Waals surface area contributed by atoms with Crippen LogP contribution in [-0.2, 0) is 19.2 Å². The monoisotopic (exact) mass is 458 g/mol. The number of likely N-dealkylation sites (N-methyl/N-ethyl adjacent to an activating group) is 2. The van der Waals surface area contributed by atoms with Crippen LogP contribution in [0.4, 0.5) is 0 Å². The van der Waals surface area contributed by atoms with Crippen LogP contribution in [0.2, 0.25) is 0 Å². The molecule has 0 saturated carbocycles. The molecule has 4 heterocycles. The maximum absolute atomic E-state index is 13.6. The topological polar surface area (TPSA) is 81.2 Å². The third-order valence-electron chi connectivity index (χ3n) is 7.82. The summed E-state index contributed by atoms with van der Waals surface area (Å²) in [4.78, 5) is 56.9. The highest BCUT2D eigenvalue weighted by atomic mass is 16.2. The second-order valence-corrected chi connectivity index (χ2v) is 9.25. The number of imide groups is 2. The molecule has 8 heteroatoms. The molecule has 6 rings (SSSR count). The third kappa shape index (κ3) is 2.55. The predicted molar refractivity (Wildman–Crippen MR) is 121 cm³/mol. The summed E-state index contributed by atoms with van der Waals surface area (Å²) in [6.07, 6.45) is 0. The van der Waals surface area contributed by atoms with Gasteiger partial charge in [0.25, 0.3) is 0 Å². The Hall–Kier alpha value is -3.36. The molecule has 4 fully saturated rings. The van der Waals surface area contributed by atoms with Gasteiger partial charge < -0.3 is 0 Å². The van der Waals surface area contributed by atoms with Gasteiger partial charge in [0, 0.05) is 13.1 Å². The molecule has 0 aromatic heterocycles. The lowest BCUT2D eigenvalue weighted by molar-refractivity contribution is -0.152. The Morgan fingerprint density at radius 2 is 0.882 bits per heavy atom.